The first-order valence-corrected chi connectivity index (χ1v) is 7.03. The van der Waals surface area contributed by atoms with Crippen LogP contribution in [0.2, 0.25) is 0 Å². The van der Waals surface area contributed by atoms with Crippen molar-refractivity contribution in [3.63, 3.8) is 0 Å². The molecule has 98 valence electrons. The van der Waals surface area contributed by atoms with Crippen molar-refractivity contribution < 1.29 is 4.74 Å². The van der Waals surface area contributed by atoms with Crippen LogP contribution in [0.1, 0.15) is 18.1 Å². The summed E-state index contributed by atoms with van der Waals surface area (Å²) in [6, 6.07) is 16.2. The number of ether oxygens (including phenoxy) is 1. The van der Waals surface area contributed by atoms with E-state index in [0.29, 0.717) is 0 Å². The quantitative estimate of drug-likeness (QED) is 0.749. The minimum absolute atomic E-state index is 0.0592. The molecule has 0 saturated heterocycles. The minimum atomic E-state index is -0.0592. The summed E-state index contributed by atoms with van der Waals surface area (Å²) in [4.78, 5) is 0. The van der Waals surface area contributed by atoms with Crippen molar-refractivity contribution in [3.05, 3.63) is 70.7 Å². The minimum Gasteiger partial charge on any atom is -0.486 e. The molecule has 0 bridgehead atoms. The molecule has 0 N–H and O–H groups in total. The van der Waals surface area contributed by atoms with E-state index in [4.69, 9.17) is 4.74 Å². The molecule has 0 saturated carbocycles. The molecule has 0 amide bonds. The fourth-order valence-electron chi connectivity index (χ4n) is 1.89. The molecule has 0 radical (unpaired) electrons. The molecule has 2 aromatic carbocycles. The van der Waals surface area contributed by atoms with E-state index in [1.165, 1.54) is 5.56 Å². The maximum Gasteiger partial charge on any atom is 0.121 e. The number of hydrogen-bond donors (Lipinski definition) is 0. The third kappa shape index (κ3) is 3.71. The summed E-state index contributed by atoms with van der Waals surface area (Å²) in [7, 11) is 0. The van der Waals surface area contributed by atoms with Gasteiger partial charge in [-0.15, -0.1) is 0 Å². The second kappa shape index (κ2) is 6.07. The van der Waals surface area contributed by atoms with E-state index in [-0.39, 0.29) is 6.10 Å². The Kier molecular flexibility index (Phi) is 4.43. The standard InChI is InChI=1S/C17H17BrO/c1-12-6-4-9-17(10-12)19-14(3)13(2)15-7-5-8-16(18)11-15/h4-11,14H,2H2,1,3H3. The molecule has 0 aliphatic carbocycles. The highest BCUT2D eigenvalue weighted by atomic mass is 79.9. The molecule has 0 aromatic heterocycles. The summed E-state index contributed by atoms with van der Waals surface area (Å²) in [5.74, 6) is 0.878. The average molecular weight is 317 g/mol. The number of benzene rings is 2. The molecule has 1 unspecified atom stereocenters. The van der Waals surface area contributed by atoms with Crippen LogP contribution in [0.5, 0.6) is 5.75 Å². The largest absolute Gasteiger partial charge is 0.486 e. The van der Waals surface area contributed by atoms with Crippen molar-refractivity contribution in [2.45, 2.75) is 20.0 Å². The lowest BCUT2D eigenvalue weighted by atomic mass is 10.0. The molecule has 0 aliphatic heterocycles. The molecular formula is C17H17BrO. The van der Waals surface area contributed by atoms with Gasteiger partial charge in [-0.1, -0.05) is 46.8 Å². The fraction of sp³-hybridized carbons (Fsp3) is 0.176. The summed E-state index contributed by atoms with van der Waals surface area (Å²) in [6.07, 6.45) is -0.0592. The molecular weight excluding hydrogens is 300 g/mol. The van der Waals surface area contributed by atoms with Crippen LogP contribution in [0.4, 0.5) is 0 Å². The summed E-state index contributed by atoms with van der Waals surface area (Å²) < 4.78 is 6.99. The van der Waals surface area contributed by atoms with Crippen molar-refractivity contribution in [3.8, 4) is 5.75 Å². The Bertz CT molecular complexity index is 589. The van der Waals surface area contributed by atoms with Crippen LogP contribution in [0.3, 0.4) is 0 Å². The van der Waals surface area contributed by atoms with Gasteiger partial charge in [0.05, 0.1) is 0 Å². The van der Waals surface area contributed by atoms with Crippen LogP contribution in [-0.2, 0) is 0 Å². The van der Waals surface area contributed by atoms with Crippen molar-refractivity contribution >= 4 is 21.5 Å². The van der Waals surface area contributed by atoms with Gasteiger partial charge in [0, 0.05) is 4.47 Å². The third-order valence-corrected chi connectivity index (χ3v) is 3.48. The van der Waals surface area contributed by atoms with Crippen LogP contribution in [0, 0.1) is 6.92 Å². The monoisotopic (exact) mass is 316 g/mol. The predicted octanol–water partition coefficient (Wildman–Crippen LogP) is 5.24. The van der Waals surface area contributed by atoms with Crippen molar-refractivity contribution in [1.82, 2.24) is 0 Å². The first kappa shape index (κ1) is 13.9. The Labute approximate surface area is 123 Å². The highest BCUT2D eigenvalue weighted by Crippen LogP contribution is 2.24. The van der Waals surface area contributed by atoms with Crippen molar-refractivity contribution in [2.24, 2.45) is 0 Å². The van der Waals surface area contributed by atoms with Gasteiger partial charge >= 0.3 is 0 Å². The lowest BCUT2D eigenvalue weighted by molar-refractivity contribution is 0.278. The van der Waals surface area contributed by atoms with E-state index in [9.17, 15) is 0 Å². The van der Waals surface area contributed by atoms with Gasteiger partial charge in [0.25, 0.3) is 0 Å². The number of aryl methyl sites for hydroxylation is 1. The molecule has 0 aliphatic rings. The molecule has 1 atom stereocenters. The van der Waals surface area contributed by atoms with Crippen LogP contribution in [0.25, 0.3) is 5.57 Å². The van der Waals surface area contributed by atoms with E-state index < -0.39 is 0 Å². The van der Waals surface area contributed by atoms with E-state index in [1.807, 2.05) is 43.3 Å². The first-order chi connectivity index (χ1) is 9.06. The van der Waals surface area contributed by atoms with Gasteiger partial charge in [0.2, 0.25) is 0 Å². The zero-order valence-corrected chi connectivity index (χ0v) is 12.8. The Morgan fingerprint density at radius 1 is 1.16 bits per heavy atom. The molecule has 0 fully saturated rings. The van der Waals surface area contributed by atoms with Gasteiger partial charge in [0.1, 0.15) is 11.9 Å². The Morgan fingerprint density at radius 3 is 2.58 bits per heavy atom. The molecule has 0 heterocycles. The van der Waals surface area contributed by atoms with Gasteiger partial charge < -0.3 is 4.74 Å². The number of halogens is 1. The smallest absolute Gasteiger partial charge is 0.121 e. The summed E-state index contributed by atoms with van der Waals surface area (Å²) in [6.45, 7) is 8.21. The van der Waals surface area contributed by atoms with E-state index in [2.05, 4.69) is 41.6 Å². The predicted molar refractivity (Wildman–Crippen MR) is 84.4 cm³/mol. The topological polar surface area (TPSA) is 9.23 Å². The summed E-state index contributed by atoms with van der Waals surface area (Å²) in [5.41, 5.74) is 3.26. The summed E-state index contributed by atoms with van der Waals surface area (Å²) in [5, 5.41) is 0. The maximum atomic E-state index is 5.94. The first-order valence-electron chi connectivity index (χ1n) is 6.24. The lowest BCUT2D eigenvalue weighted by Crippen LogP contribution is -2.13. The van der Waals surface area contributed by atoms with Crippen LogP contribution < -0.4 is 4.74 Å². The highest BCUT2D eigenvalue weighted by Gasteiger charge is 2.11. The normalized spacial score (nSPS) is 11.9. The SMILES string of the molecule is C=C(c1cccc(Br)c1)C(C)Oc1cccc(C)c1. The van der Waals surface area contributed by atoms with E-state index >= 15 is 0 Å². The summed E-state index contributed by atoms with van der Waals surface area (Å²) >= 11 is 3.47. The molecule has 0 spiro atoms. The van der Waals surface area contributed by atoms with Gasteiger partial charge in [-0.25, -0.2) is 0 Å². The lowest BCUT2D eigenvalue weighted by Gasteiger charge is -2.18. The Hall–Kier alpha value is -1.54. The van der Waals surface area contributed by atoms with Crippen molar-refractivity contribution in [2.75, 3.05) is 0 Å². The molecule has 2 rings (SSSR count). The number of rotatable bonds is 4. The zero-order chi connectivity index (χ0) is 13.8. The Morgan fingerprint density at radius 2 is 1.89 bits per heavy atom. The maximum absolute atomic E-state index is 5.94. The second-order valence-corrected chi connectivity index (χ2v) is 5.53. The van der Waals surface area contributed by atoms with Crippen LogP contribution >= 0.6 is 15.9 Å². The fourth-order valence-corrected chi connectivity index (χ4v) is 2.29. The average Bonchev–Trinajstić information content (AvgIpc) is 2.38. The van der Waals surface area contributed by atoms with Gasteiger partial charge in [0.15, 0.2) is 0 Å². The Balaban J connectivity index is 2.12. The van der Waals surface area contributed by atoms with Crippen LogP contribution in [0.15, 0.2) is 59.6 Å². The highest BCUT2D eigenvalue weighted by molar-refractivity contribution is 9.10. The number of hydrogen-bond acceptors (Lipinski definition) is 1. The zero-order valence-electron chi connectivity index (χ0n) is 11.2. The van der Waals surface area contributed by atoms with Crippen LogP contribution in [-0.4, -0.2) is 6.10 Å². The molecule has 2 aromatic rings. The third-order valence-electron chi connectivity index (χ3n) is 2.99. The second-order valence-electron chi connectivity index (χ2n) is 4.61. The van der Waals surface area contributed by atoms with Crippen molar-refractivity contribution in [1.29, 1.82) is 0 Å². The van der Waals surface area contributed by atoms with Gasteiger partial charge in [-0.3, -0.25) is 0 Å². The van der Waals surface area contributed by atoms with E-state index in [1.54, 1.807) is 0 Å². The van der Waals surface area contributed by atoms with Gasteiger partial charge in [-0.05, 0) is 54.8 Å². The molecule has 19 heavy (non-hydrogen) atoms. The van der Waals surface area contributed by atoms with E-state index in [0.717, 1.165) is 21.4 Å². The molecule has 2 heteroatoms. The molecule has 1 nitrogen and oxygen atoms in total. The van der Waals surface area contributed by atoms with Gasteiger partial charge in [-0.2, -0.15) is 0 Å².